The summed E-state index contributed by atoms with van der Waals surface area (Å²) in [6.45, 7) is 1.49. The van der Waals surface area contributed by atoms with E-state index in [1.165, 1.54) is 4.57 Å². The average molecular weight is 232 g/mol. The largest absolute Gasteiger partial charge is 0.480 e. The van der Waals surface area contributed by atoms with Crippen LogP contribution >= 0.6 is 0 Å². The molecule has 1 aromatic carbocycles. The molecular formula is C12H12N2O3. The molecule has 88 valence electrons. The molecule has 0 aliphatic heterocycles. The second-order valence-corrected chi connectivity index (χ2v) is 3.68. The fraction of sp³-hybridized carbons (Fsp3) is 0.250. The van der Waals surface area contributed by atoms with Crippen molar-refractivity contribution in [2.45, 2.75) is 19.9 Å². The molecule has 0 aliphatic carbocycles. The van der Waals surface area contributed by atoms with Crippen molar-refractivity contribution in [1.82, 2.24) is 9.55 Å². The van der Waals surface area contributed by atoms with Gasteiger partial charge < -0.3 is 5.11 Å². The number of fused-ring (bicyclic) bond motifs is 1. The van der Waals surface area contributed by atoms with E-state index in [-0.39, 0.29) is 12.1 Å². The first-order valence-electron chi connectivity index (χ1n) is 5.33. The van der Waals surface area contributed by atoms with Gasteiger partial charge in [0.15, 0.2) is 0 Å². The SMILES string of the molecule is CCc1nc2ccccc2c(=O)n1CC(=O)O. The van der Waals surface area contributed by atoms with Gasteiger partial charge in [0.1, 0.15) is 12.4 Å². The number of carboxylic acid groups (broad SMARTS) is 1. The topological polar surface area (TPSA) is 72.2 Å². The molecule has 0 fully saturated rings. The van der Waals surface area contributed by atoms with Crippen molar-refractivity contribution in [3.05, 3.63) is 40.4 Å². The quantitative estimate of drug-likeness (QED) is 0.858. The Morgan fingerprint density at radius 2 is 2.12 bits per heavy atom. The third kappa shape index (κ3) is 2.04. The summed E-state index contributed by atoms with van der Waals surface area (Å²) in [6, 6.07) is 6.95. The molecular weight excluding hydrogens is 220 g/mol. The molecule has 1 aromatic heterocycles. The highest BCUT2D eigenvalue weighted by molar-refractivity contribution is 5.77. The second kappa shape index (κ2) is 4.37. The van der Waals surface area contributed by atoms with Gasteiger partial charge in [-0.15, -0.1) is 0 Å². The van der Waals surface area contributed by atoms with Gasteiger partial charge in [-0.25, -0.2) is 4.98 Å². The van der Waals surface area contributed by atoms with Crippen LogP contribution < -0.4 is 5.56 Å². The van der Waals surface area contributed by atoms with Crippen LogP contribution in [0.1, 0.15) is 12.7 Å². The van der Waals surface area contributed by atoms with Crippen molar-refractivity contribution in [3.63, 3.8) is 0 Å². The van der Waals surface area contributed by atoms with Crippen LogP contribution in [0, 0.1) is 0 Å². The maximum absolute atomic E-state index is 12.1. The van der Waals surface area contributed by atoms with E-state index in [1.807, 2.05) is 6.92 Å². The Labute approximate surface area is 97.3 Å². The number of aryl methyl sites for hydroxylation is 1. The van der Waals surface area contributed by atoms with Gasteiger partial charge in [0.25, 0.3) is 5.56 Å². The summed E-state index contributed by atoms with van der Waals surface area (Å²) in [7, 11) is 0. The Bertz CT molecular complexity index is 631. The number of rotatable bonds is 3. The zero-order valence-corrected chi connectivity index (χ0v) is 9.38. The molecule has 0 atom stereocenters. The highest BCUT2D eigenvalue weighted by Crippen LogP contribution is 2.08. The first-order valence-corrected chi connectivity index (χ1v) is 5.33. The van der Waals surface area contributed by atoms with Crippen molar-refractivity contribution < 1.29 is 9.90 Å². The van der Waals surface area contributed by atoms with Crippen LogP contribution in [0.25, 0.3) is 10.9 Å². The van der Waals surface area contributed by atoms with E-state index in [9.17, 15) is 9.59 Å². The van der Waals surface area contributed by atoms with Crippen LogP contribution in [0.4, 0.5) is 0 Å². The van der Waals surface area contributed by atoms with E-state index in [4.69, 9.17) is 5.11 Å². The van der Waals surface area contributed by atoms with Gasteiger partial charge in [-0.3, -0.25) is 14.2 Å². The Balaban J connectivity index is 2.76. The summed E-state index contributed by atoms with van der Waals surface area (Å²) in [6.07, 6.45) is 0.521. The van der Waals surface area contributed by atoms with Gasteiger partial charge in [0.2, 0.25) is 0 Å². The normalized spacial score (nSPS) is 10.6. The number of nitrogens with zero attached hydrogens (tertiary/aromatic N) is 2. The minimum absolute atomic E-state index is 0.296. The zero-order chi connectivity index (χ0) is 12.4. The summed E-state index contributed by atoms with van der Waals surface area (Å²) >= 11 is 0. The number of para-hydroxylation sites is 1. The predicted octanol–water partition coefficient (Wildman–Crippen LogP) is 1.04. The maximum Gasteiger partial charge on any atom is 0.323 e. The van der Waals surface area contributed by atoms with Crippen molar-refractivity contribution in [2.75, 3.05) is 0 Å². The van der Waals surface area contributed by atoms with E-state index in [0.29, 0.717) is 23.1 Å². The molecule has 17 heavy (non-hydrogen) atoms. The van der Waals surface area contributed by atoms with E-state index < -0.39 is 5.97 Å². The highest BCUT2D eigenvalue weighted by Gasteiger charge is 2.11. The third-order valence-electron chi connectivity index (χ3n) is 2.55. The number of benzene rings is 1. The van der Waals surface area contributed by atoms with Crippen molar-refractivity contribution >= 4 is 16.9 Å². The molecule has 2 rings (SSSR count). The van der Waals surface area contributed by atoms with Gasteiger partial charge >= 0.3 is 5.97 Å². The molecule has 0 saturated carbocycles. The molecule has 0 aliphatic rings. The third-order valence-corrected chi connectivity index (χ3v) is 2.55. The Morgan fingerprint density at radius 3 is 2.76 bits per heavy atom. The fourth-order valence-corrected chi connectivity index (χ4v) is 1.78. The van der Waals surface area contributed by atoms with Crippen LogP contribution in [-0.4, -0.2) is 20.6 Å². The Morgan fingerprint density at radius 1 is 1.41 bits per heavy atom. The summed E-state index contributed by atoms with van der Waals surface area (Å²) in [5.41, 5.74) is 0.311. The van der Waals surface area contributed by atoms with Crippen LogP contribution in [-0.2, 0) is 17.8 Å². The molecule has 5 nitrogen and oxygen atoms in total. The minimum atomic E-state index is -1.04. The highest BCUT2D eigenvalue weighted by atomic mass is 16.4. The summed E-state index contributed by atoms with van der Waals surface area (Å²) in [5, 5.41) is 9.25. The van der Waals surface area contributed by atoms with E-state index in [0.717, 1.165) is 0 Å². The molecule has 0 spiro atoms. The molecule has 0 amide bonds. The predicted molar refractivity (Wildman–Crippen MR) is 63.0 cm³/mol. The van der Waals surface area contributed by atoms with E-state index in [2.05, 4.69) is 4.98 Å². The molecule has 0 unspecified atom stereocenters. The molecule has 0 radical (unpaired) electrons. The molecule has 5 heteroatoms. The fourth-order valence-electron chi connectivity index (χ4n) is 1.78. The average Bonchev–Trinajstić information content (AvgIpc) is 2.32. The monoisotopic (exact) mass is 232 g/mol. The van der Waals surface area contributed by atoms with Crippen LogP contribution in [0.5, 0.6) is 0 Å². The lowest BCUT2D eigenvalue weighted by molar-refractivity contribution is -0.137. The molecule has 1 heterocycles. The van der Waals surface area contributed by atoms with Crippen LogP contribution in [0.3, 0.4) is 0 Å². The van der Waals surface area contributed by atoms with Gasteiger partial charge in [-0.05, 0) is 12.1 Å². The summed E-state index contributed by atoms with van der Waals surface area (Å²) in [4.78, 5) is 27.1. The lowest BCUT2D eigenvalue weighted by Gasteiger charge is -2.09. The number of aliphatic carboxylic acids is 1. The molecule has 0 saturated heterocycles. The number of aromatic nitrogens is 2. The number of hydrogen-bond donors (Lipinski definition) is 1. The summed E-state index contributed by atoms with van der Waals surface area (Å²) < 4.78 is 1.21. The van der Waals surface area contributed by atoms with E-state index >= 15 is 0 Å². The first-order chi connectivity index (χ1) is 8.13. The van der Waals surface area contributed by atoms with Crippen molar-refractivity contribution in [3.8, 4) is 0 Å². The number of hydrogen-bond acceptors (Lipinski definition) is 3. The molecule has 2 aromatic rings. The van der Waals surface area contributed by atoms with Gasteiger partial charge in [0.05, 0.1) is 10.9 Å². The summed E-state index contributed by atoms with van der Waals surface area (Å²) in [5.74, 6) is -0.546. The lowest BCUT2D eigenvalue weighted by atomic mass is 10.2. The van der Waals surface area contributed by atoms with Gasteiger partial charge in [0, 0.05) is 6.42 Å². The van der Waals surface area contributed by atoms with E-state index in [1.54, 1.807) is 24.3 Å². The van der Waals surface area contributed by atoms with Gasteiger partial charge in [-0.1, -0.05) is 19.1 Å². The number of carboxylic acids is 1. The second-order valence-electron chi connectivity index (χ2n) is 3.68. The van der Waals surface area contributed by atoms with Gasteiger partial charge in [-0.2, -0.15) is 0 Å². The zero-order valence-electron chi connectivity index (χ0n) is 9.38. The molecule has 0 bridgehead atoms. The van der Waals surface area contributed by atoms with Crippen molar-refractivity contribution in [1.29, 1.82) is 0 Å². The first kappa shape index (κ1) is 11.3. The van der Waals surface area contributed by atoms with Crippen molar-refractivity contribution in [2.24, 2.45) is 0 Å². The Hall–Kier alpha value is -2.17. The standard InChI is InChI=1S/C12H12N2O3/c1-2-10-13-9-6-4-3-5-8(9)12(17)14(10)7-11(15)16/h3-6H,2,7H2,1H3,(H,15,16). The lowest BCUT2D eigenvalue weighted by Crippen LogP contribution is -2.28. The van der Waals surface area contributed by atoms with Crippen LogP contribution in [0.15, 0.2) is 29.1 Å². The molecule has 1 N–H and O–H groups in total. The number of carbonyl (C=O) groups is 1. The Kier molecular flexibility index (Phi) is 2.91. The smallest absolute Gasteiger partial charge is 0.323 e. The maximum atomic E-state index is 12.1. The van der Waals surface area contributed by atoms with Crippen LogP contribution in [0.2, 0.25) is 0 Å². The minimum Gasteiger partial charge on any atom is -0.480 e.